The lowest BCUT2D eigenvalue weighted by Crippen LogP contribution is -2.64. The first-order valence-corrected chi connectivity index (χ1v) is 12.9. The SMILES string of the molecule is C[C@@H]1O[C@@H](O[C@H]2C(Oc3cc(O)c4c(=O)c(O)c(-c5ccc(O)cc5)oc4c3)O[C@H](CO)[C@@H](O)[C@@H]2O)[C@H](O)C(O)[C@H]1O. The second-order valence-corrected chi connectivity index (χ2v) is 10.1. The van der Waals surface area contributed by atoms with Gasteiger partial charge in [0, 0.05) is 17.7 Å². The number of benzene rings is 2. The number of aliphatic hydroxyl groups is 6. The van der Waals surface area contributed by atoms with Crippen LogP contribution in [0.4, 0.5) is 0 Å². The molecule has 3 aromatic rings. The van der Waals surface area contributed by atoms with Crippen LogP contribution in [0.2, 0.25) is 0 Å². The maximum Gasteiger partial charge on any atom is 0.238 e. The molecule has 2 aliphatic rings. The number of aromatic hydroxyl groups is 3. The normalized spacial score (nSPS) is 33.5. The van der Waals surface area contributed by atoms with Gasteiger partial charge in [0.15, 0.2) is 18.2 Å². The highest BCUT2D eigenvalue weighted by molar-refractivity contribution is 5.88. The van der Waals surface area contributed by atoms with Gasteiger partial charge in [0.25, 0.3) is 0 Å². The zero-order valence-electron chi connectivity index (χ0n) is 21.9. The van der Waals surface area contributed by atoms with Crippen LogP contribution in [0.5, 0.6) is 23.0 Å². The van der Waals surface area contributed by atoms with Crippen LogP contribution in [0, 0.1) is 0 Å². The molecule has 1 aromatic heterocycles. The molecule has 5 rings (SSSR count). The van der Waals surface area contributed by atoms with E-state index < -0.39 is 84.9 Å². The lowest BCUT2D eigenvalue weighted by Gasteiger charge is -2.45. The molecule has 2 aliphatic heterocycles. The lowest BCUT2D eigenvalue weighted by molar-refractivity contribution is -0.354. The smallest absolute Gasteiger partial charge is 0.238 e. The zero-order chi connectivity index (χ0) is 30.5. The van der Waals surface area contributed by atoms with Gasteiger partial charge in [0.1, 0.15) is 64.8 Å². The number of phenolic OH excluding ortho intramolecular Hbond substituents is 2. The predicted octanol–water partition coefficient (Wildman–Crippen LogP) is -1.39. The van der Waals surface area contributed by atoms with Crippen molar-refractivity contribution in [1.82, 2.24) is 0 Å². The number of phenols is 2. The summed E-state index contributed by atoms with van der Waals surface area (Å²) in [6, 6.07) is 7.54. The van der Waals surface area contributed by atoms with Crippen LogP contribution in [0.15, 0.2) is 45.6 Å². The Morgan fingerprint density at radius 3 is 2.19 bits per heavy atom. The summed E-state index contributed by atoms with van der Waals surface area (Å²) in [7, 11) is 0. The third-order valence-corrected chi connectivity index (χ3v) is 7.23. The van der Waals surface area contributed by atoms with E-state index in [-0.39, 0.29) is 33.8 Å². The first-order valence-electron chi connectivity index (χ1n) is 12.9. The van der Waals surface area contributed by atoms with Gasteiger partial charge < -0.3 is 69.3 Å². The summed E-state index contributed by atoms with van der Waals surface area (Å²) in [6.07, 6.45) is -15.6. The van der Waals surface area contributed by atoms with Gasteiger partial charge in [-0.3, -0.25) is 4.79 Å². The van der Waals surface area contributed by atoms with Crippen LogP contribution in [0.3, 0.4) is 0 Å². The molecule has 0 aliphatic carbocycles. The quantitative estimate of drug-likeness (QED) is 0.159. The van der Waals surface area contributed by atoms with Gasteiger partial charge in [-0.05, 0) is 31.2 Å². The summed E-state index contributed by atoms with van der Waals surface area (Å²) in [5, 5.41) is 91.7. The Morgan fingerprint density at radius 2 is 1.52 bits per heavy atom. The second-order valence-electron chi connectivity index (χ2n) is 10.1. The summed E-state index contributed by atoms with van der Waals surface area (Å²) in [6.45, 7) is 0.660. The summed E-state index contributed by atoms with van der Waals surface area (Å²) < 4.78 is 28.2. The van der Waals surface area contributed by atoms with Crippen molar-refractivity contribution < 1.29 is 69.3 Å². The summed E-state index contributed by atoms with van der Waals surface area (Å²) in [5.74, 6) is -2.00. The minimum Gasteiger partial charge on any atom is -0.508 e. The highest BCUT2D eigenvalue weighted by Gasteiger charge is 2.51. The first-order chi connectivity index (χ1) is 19.9. The standard InChI is InChI=1S/C27H30O15/c1-9-17(31)20(34)23(37)26(38-9)42-25-21(35)18(32)15(8-28)41-27(25)39-12-6-13(30)16-14(7-12)40-24(22(36)19(16)33)10-2-4-11(29)5-3-10/h2-7,9,15,17-18,20-21,23,25-32,34-37H,8H2,1H3/t9-,15+,17-,18+,20?,21-,23+,25+,26-,27?/m0/s1. The molecule has 0 bridgehead atoms. The number of hydrogen-bond donors (Lipinski definition) is 9. The maximum absolute atomic E-state index is 12.9. The summed E-state index contributed by atoms with van der Waals surface area (Å²) in [5.41, 5.74) is -0.967. The number of ether oxygens (including phenoxy) is 4. The van der Waals surface area contributed by atoms with Gasteiger partial charge in [-0.1, -0.05) is 0 Å². The molecule has 0 amide bonds. The van der Waals surface area contributed by atoms with Crippen LogP contribution in [-0.4, -0.2) is 114 Å². The Bertz CT molecular complexity index is 1470. The Morgan fingerprint density at radius 1 is 0.833 bits per heavy atom. The molecule has 2 fully saturated rings. The van der Waals surface area contributed by atoms with Gasteiger partial charge in [-0.2, -0.15) is 0 Å². The first kappa shape index (κ1) is 30.0. The molecular formula is C27H30O15. The molecule has 42 heavy (non-hydrogen) atoms. The molecule has 0 saturated carbocycles. The topological polar surface area (TPSA) is 249 Å². The maximum atomic E-state index is 12.9. The van der Waals surface area contributed by atoms with Gasteiger partial charge in [0.2, 0.25) is 17.5 Å². The van der Waals surface area contributed by atoms with E-state index >= 15 is 0 Å². The molecule has 228 valence electrons. The molecule has 2 saturated heterocycles. The Labute approximate surface area is 236 Å². The largest absolute Gasteiger partial charge is 0.508 e. The fourth-order valence-corrected chi connectivity index (χ4v) is 4.85. The lowest BCUT2D eigenvalue weighted by atomic mass is 9.97. The van der Waals surface area contributed by atoms with Crippen molar-refractivity contribution in [3.05, 3.63) is 46.6 Å². The fraction of sp³-hybridized carbons (Fsp3) is 0.444. The predicted molar refractivity (Wildman–Crippen MR) is 139 cm³/mol. The van der Waals surface area contributed by atoms with Crippen molar-refractivity contribution in [3.63, 3.8) is 0 Å². The van der Waals surface area contributed by atoms with Crippen molar-refractivity contribution >= 4 is 11.0 Å². The van der Waals surface area contributed by atoms with Crippen molar-refractivity contribution in [3.8, 4) is 34.3 Å². The average molecular weight is 595 g/mol. The highest BCUT2D eigenvalue weighted by atomic mass is 16.8. The molecule has 15 nitrogen and oxygen atoms in total. The van der Waals surface area contributed by atoms with Crippen LogP contribution in [0.1, 0.15) is 6.92 Å². The van der Waals surface area contributed by atoms with Crippen LogP contribution >= 0.6 is 0 Å². The van der Waals surface area contributed by atoms with Crippen molar-refractivity contribution in [2.24, 2.45) is 0 Å². The van der Waals surface area contributed by atoms with Crippen LogP contribution < -0.4 is 10.2 Å². The van der Waals surface area contributed by atoms with E-state index in [9.17, 15) is 50.8 Å². The molecular weight excluding hydrogens is 564 g/mol. The van der Waals surface area contributed by atoms with E-state index in [1.807, 2.05) is 0 Å². The highest BCUT2D eigenvalue weighted by Crippen LogP contribution is 2.37. The Hall–Kier alpha value is -3.51. The summed E-state index contributed by atoms with van der Waals surface area (Å²) in [4.78, 5) is 12.9. The van der Waals surface area contributed by atoms with E-state index in [0.29, 0.717) is 0 Å². The molecule has 3 heterocycles. The van der Waals surface area contributed by atoms with Gasteiger partial charge in [0.05, 0.1) is 12.7 Å². The molecule has 0 spiro atoms. The molecule has 15 heteroatoms. The molecule has 2 aromatic carbocycles. The van der Waals surface area contributed by atoms with Gasteiger partial charge in [-0.15, -0.1) is 0 Å². The number of rotatable bonds is 6. The van der Waals surface area contributed by atoms with Gasteiger partial charge in [-0.25, -0.2) is 0 Å². The zero-order valence-corrected chi connectivity index (χ0v) is 21.9. The second kappa shape index (κ2) is 11.6. The molecule has 10 atom stereocenters. The van der Waals surface area contributed by atoms with E-state index in [0.717, 1.165) is 6.07 Å². The molecule has 9 N–H and O–H groups in total. The molecule has 0 radical (unpaired) electrons. The minimum atomic E-state index is -1.79. The van der Waals surface area contributed by atoms with E-state index in [2.05, 4.69) is 0 Å². The van der Waals surface area contributed by atoms with Crippen LogP contribution in [-0.2, 0) is 14.2 Å². The average Bonchev–Trinajstić information content (AvgIpc) is 2.96. The van der Waals surface area contributed by atoms with Gasteiger partial charge >= 0.3 is 0 Å². The Balaban J connectivity index is 1.50. The van der Waals surface area contributed by atoms with Crippen LogP contribution in [0.25, 0.3) is 22.3 Å². The fourth-order valence-electron chi connectivity index (χ4n) is 4.85. The van der Waals surface area contributed by atoms with E-state index in [1.165, 1.54) is 37.3 Å². The van der Waals surface area contributed by atoms with Crippen molar-refractivity contribution in [2.75, 3.05) is 6.61 Å². The number of aliphatic hydroxyl groups excluding tert-OH is 6. The van der Waals surface area contributed by atoms with E-state index in [1.54, 1.807) is 0 Å². The Kier molecular flexibility index (Phi) is 8.30. The molecule has 2 unspecified atom stereocenters. The third-order valence-electron chi connectivity index (χ3n) is 7.23. The minimum absolute atomic E-state index is 0.0706. The third kappa shape index (κ3) is 5.37. The van der Waals surface area contributed by atoms with Crippen molar-refractivity contribution in [1.29, 1.82) is 0 Å². The monoisotopic (exact) mass is 594 g/mol. The van der Waals surface area contributed by atoms with Crippen molar-refractivity contribution in [2.45, 2.75) is 68.3 Å². The number of hydrogen-bond acceptors (Lipinski definition) is 15. The number of fused-ring (bicyclic) bond motifs is 1. The summed E-state index contributed by atoms with van der Waals surface area (Å²) >= 11 is 0. The van der Waals surface area contributed by atoms with E-state index in [4.69, 9.17) is 23.4 Å².